The summed E-state index contributed by atoms with van der Waals surface area (Å²) in [5.41, 5.74) is 3.14. The van der Waals surface area contributed by atoms with E-state index < -0.39 is 30.5 Å². The molecular weight excluding hydrogens is 538 g/mol. The van der Waals surface area contributed by atoms with Crippen LogP contribution in [0.3, 0.4) is 0 Å². The van der Waals surface area contributed by atoms with E-state index in [1.165, 1.54) is 11.8 Å². The van der Waals surface area contributed by atoms with Gasteiger partial charge in [-0.2, -0.15) is 0 Å². The zero-order chi connectivity index (χ0) is 27.9. The first-order chi connectivity index (χ1) is 18.8. The van der Waals surface area contributed by atoms with Crippen LogP contribution in [-0.2, 0) is 11.2 Å². The van der Waals surface area contributed by atoms with Crippen molar-refractivity contribution in [2.24, 2.45) is 0 Å². The van der Waals surface area contributed by atoms with Crippen LogP contribution in [0.1, 0.15) is 47.0 Å². The number of halogens is 1. The molecule has 1 aliphatic rings. The van der Waals surface area contributed by atoms with Crippen molar-refractivity contribution in [3.63, 3.8) is 0 Å². The summed E-state index contributed by atoms with van der Waals surface area (Å²) in [4.78, 5) is 12.9. The molecule has 0 bridgehead atoms. The number of benzene rings is 3. The Morgan fingerprint density at radius 2 is 1.69 bits per heavy atom. The van der Waals surface area contributed by atoms with Crippen LogP contribution in [0.5, 0.6) is 5.75 Å². The number of amides is 1. The van der Waals surface area contributed by atoms with E-state index in [1.807, 2.05) is 56.3 Å². The van der Waals surface area contributed by atoms with Gasteiger partial charge in [0.25, 0.3) is 5.91 Å². The van der Waals surface area contributed by atoms with E-state index in [-0.39, 0.29) is 5.91 Å². The van der Waals surface area contributed by atoms with E-state index >= 15 is 0 Å². The highest BCUT2D eigenvalue weighted by Gasteiger charge is 2.44. The van der Waals surface area contributed by atoms with Gasteiger partial charge in [-0.25, -0.2) is 0 Å². The largest absolute Gasteiger partial charge is 0.494 e. The summed E-state index contributed by atoms with van der Waals surface area (Å²) >= 11 is 7.94. The number of nitrogens with one attached hydrogen (secondary N) is 1. The molecule has 1 saturated heterocycles. The van der Waals surface area contributed by atoms with Crippen LogP contribution in [0.2, 0.25) is 5.02 Å². The van der Waals surface area contributed by atoms with Crippen molar-refractivity contribution in [3.8, 4) is 5.75 Å². The van der Waals surface area contributed by atoms with E-state index in [4.69, 9.17) is 21.1 Å². The molecule has 0 aliphatic carbocycles. The molecule has 7 nitrogen and oxygen atoms in total. The van der Waals surface area contributed by atoms with Gasteiger partial charge in [0.1, 0.15) is 30.2 Å². The molecule has 1 aliphatic heterocycles. The summed E-state index contributed by atoms with van der Waals surface area (Å²) in [7, 11) is 0. The molecule has 9 heteroatoms. The summed E-state index contributed by atoms with van der Waals surface area (Å²) in [6.07, 6.45) is -4.94. The zero-order valence-corrected chi connectivity index (χ0v) is 23.5. The molecule has 0 aromatic heterocycles. The van der Waals surface area contributed by atoms with Crippen LogP contribution in [0, 0.1) is 0 Å². The standard InChI is InChI=1S/C30H34ClNO6S/c1-3-32-30(36)19-7-12-23(13-8-19)39-17-25-26(33)27(34)28(35)29(38-25)20-9-14-24(31)21(16-20)15-18-5-10-22(11-6-18)37-4-2/h5-14,16,25-29,33-35H,3-4,15,17H2,1-2H3,(H,32,36)/t25-,26-,27+,28-,29+/m1/s1. The van der Waals surface area contributed by atoms with Crippen LogP contribution in [0.4, 0.5) is 0 Å². The molecule has 5 atom stereocenters. The quantitative estimate of drug-likeness (QED) is 0.267. The Hall–Kier alpha value is -2.59. The molecule has 39 heavy (non-hydrogen) atoms. The predicted molar refractivity (Wildman–Crippen MR) is 153 cm³/mol. The van der Waals surface area contributed by atoms with Gasteiger partial charge >= 0.3 is 0 Å². The lowest BCUT2D eigenvalue weighted by Crippen LogP contribution is -2.54. The highest BCUT2D eigenvalue weighted by Crippen LogP contribution is 2.36. The second kappa shape index (κ2) is 13.7. The summed E-state index contributed by atoms with van der Waals surface area (Å²) in [5.74, 6) is 1.01. The van der Waals surface area contributed by atoms with Gasteiger partial charge in [-0.05, 0) is 79.4 Å². The SMILES string of the molecule is CCNC(=O)c1ccc(SC[C@H]2O[C@@H](c3ccc(Cl)c(Cc4ccc(OCC)cc4)c3)[C@H](O)[C@@H](O)[C@@H]2O)cc1. The number of carbonyl (C=O) groups excluding carboxylic acids is 1. The molecule has 0 radical (unpaired) electrons. The third-order valence-electron chi connectivity index (χ3n) is 6.61. The third kappa shape index (κ3) is 7.33. The molecule has 1 heterocycles. The van der Waals surface area contributed by atoms with Crippen LogP contribution in [0.15, 0.2) is 71.6 Å². The molecule has 1 amide bonds. The zero-order valence-electron chi connectivity index (χ0n) is 21.9. The lowest BCUT2D eigenvalue weighted by atomic mass is 9.90. The van der Waals surface area contributed by atoms with Crippen LogP contribution < -0.4 is 10.1 Å². The van der Waals surface area contributed by atoms with Gasteiger partial charge < -0.3 is 30.1 Å². The molecule has 3 aromatic carbocycles. The van der Waals surface area contributed by atoms with E-state index in [0.29, 0.717) is 41.5 Å². The third-order valence-corrected chi connectivity index (χ3v) is 8.08. The normalized spacial score (nSPS) is 22.9. The van der Waals surface area contributed by atoms with Crippen molar-refractivity contribution >= 4 is 29.3 Å². The first-order valence-corrected chi connectivity index (χ1v) is 14.4. The van der Waals surface area contributed by atoms with Gasteiger partial charge in [0, 0.05) is 27.8 Å². The first kappa shape index (κ1) is 29.4. The number of carbonyl (C=O) groups is 1. The van der Waals surface area contributed by atoms with Gasteiger partial charge in [0.2, 0.25) is 0 Å². The fourth-order valence-corrected chi connectivity index (χ4v) is 5.65. The van der Waals surface area contributed by atoms with Gasteiger partial charge in [0.15, 0.2) is 0 Å². The molecule has 1 fully saturated rings. The lowest BCUT2D eigenvalue weighted by molar-refractivity contribution is -0.218. The van der Waals surface area contributed by atoms with Gasteiger partial charge in [-0.3, -0.25) is 4.79 Å². The lowest BCUT2D eigenvalue weighted by Gasteiger charge is -2.41. The molecule has 0 spiro atoms. The van der Waals surface area contributed by atoms with Gasteiger partial charge in [-0.1, -0.05) is 35.9 Å². The second-order valence-corrected chi connectivity index (χ2v) is 10.9. The highest BCUT2D eigenvalue weighted by molar-refractivity contribution is 7.99. The topological polar surface area (TPSA) is 108 Å². The van der Waals surface area contributed by atoms with Crippen molar-refractivity contribution in [2.75, 3.05) is 18.9 Å². The Morgan fingerprint density at radius 1 is 0.974 bits per heavy atom. The van der Waals surface area contributed by atoms with E-state index in [9.17, 15) is 20.1 Å². The highest BCUT2D eigenvalue weighted by atomic mass is 35.5. The smallest absolute Gasteiger partial charge is 0.251 e. The average molecular weight is 572 g/mol. The second-order valence-electron chi connectivity index (χ2n) is 9.37. The number of thioether (sulfide) groups is 1. The maximum absolute atomic E-state index is 12.0. The van der Waals surface area contributed by atoms with Crippen LogP contribution >= 0.6 is 23.4 Å². The van der Waals surface area contributed by atoms with Crippen molar-refractivity contribution in [1.82, 2.24) is 5.32 Å². The van der Waals surface area contributed by atoms with Gasteiger partial charge in [-0.15, -0.1) is 11.8 Å². The van der Waals surface area contributed by atoms with E-state index in [1.54, 1.807) is 24.3 Å². The number of aliphatic hydroxyl groups excluding tert-OH is 3. The van der Waals surface area contributed by atoms with Crippen molar-refractivity contribution in [1.29, 1.82) is 0 Å². The fourth-order valence-electron chi connectivity index (χ4n) is 4.50. The number of rotatable bonds is 10. The predicted octanol–water partition coefficient (Wildman–Crippen LogP) is 4.39. The minimum atomic E-state index is -1.38. The first-order valence-electron chi connectivity index (χ1n) is 13.0. The molecule has 4 N–H and O–H groups in total. The monoisotopic (exact) mass is 571 g/mol. The number of hydrogen-bond donors (Lipinski definition) is 4. The molecule has 3 aromatic rings. The van der Waals surface area contributed by atoms with Crippen LogP contribution in [-0.4, -0.2) is 64.5 Å². The maximum Gasteiger partial charge on any atom is 0.251 e. The van der Waals surface area contributed by atoms with Crippen molar-refractivity contribution < 1.29 is 29.6 Å². The Balaban J connectivity index is 1.46. The van der Waals surface area contributed by atoms with Crippen molar-refractivity contribution in [2.45, 2.75) is 55.7 Å². The summed E-state index contributed by atoms with van der Waals surface area (Å²) < 4.78 is 11.7. The van der Waals surface area contributed by atoms with Crippen LogP contribution in [0.25, 0.3) is 0 Å². The van der Waals surface area contributed by atoms with Crippen molar-refractivity contribution in [3.05, 3.63) is 94.0 Å². The molecule has 4 rings (SSSR count). The van der Waals surface area contributed by atoms with E-state index in [0.717, 1.165) is 21.8 Å². The summed E-state index contributed by atoms with van der Waals surface area (Å²) in [6, 6.07) is 20.3. The summed E-state index contributed by atoms with van der Waals surface area (Å²) in [6.45, 7) is 4.95. The Bertz CT molecular complexity index is 1240. The minimum Gasteiger partial charge on any atom is -0.494 e. The Labute approximate surface area is 238 Å². The molecule has 0 saturated carbocycles. The maximum atomic E-state index is 12.0. The Kier molecular flexibility index (Phi) is 10.3. The fraction of sp³-hybridized carbons (Fsp3) is 0.367. The van der Waals surface area contributed by atoms with E-state index in [2.05, 4.69) is 5.32 Å². The number of ether oxygens (including phenoxy) is 2. The minimum absolute atomic E-state index is 0.134. The number of aliphatic hydroxyl groups is 3. The number of hydrogen-bond acceptors (Lipinski definition) is 7. The molecule has 0 unspecified atom stereocenters. The van der Waals surface area contributed by atoms with Gasteiger partial charge in [0.05, 0.1) is 12.7 Å². The summed E-state index contributed by atoms with van der Waals surface area (Å²) in [5, 5.41) is 35.4. The average Bonchev–Trinajstić information content (AvgIpc) is 2.94. The Morgan fingerprint density at radius 3 is 2.36 bits per heavy atom. The molecular formula is C30H34ClNO6S. The molecule has 208 valence electrons.